The summed E-state index contributed by atoms with van der Waals surface area (Å²) in [5.74, 6) is -1.12. The van der Waals surface area contributed by atoms with Crippen LogP contribution in [0.15, 0.2) is 42.5 Å². The summed E-state index contributed by atoms with van der Waals surface area (Å²) < 4.78 is 18.5. The van der Waals surface area contributed by atoms with Crippen LogP contribution >= 0.6 is 0 Å². The minimum atomic E-state index is -0.761. The summed E-state index contributed by atoms with van der Waals surface area (Å²) in [4.78, 5) is 10.2. The molecular weight excluding hydrogens is 277 g/mol. The van der Waals surface area contributed by atoms with Crippen molar-refractivity contribution >= 4 is 11.4 Å². The van der Waals surface area contributed by atoms with Crippen LogP contribution in [0, 0.1) is 15.9 Å². The Kier molecular flexibility index (Phi) is 4.68. The zero-order chi connectivity index (χ0) is 15.2. The maximum absolute atomic E-state index is 13.7. The van der Waals surface area contributed by atoms with Crippen LogP contribution in [-0.2, 0) is 6.54 Å². The van der Waals surface area contributed by atoms with E-state index in [4.69, 9.17) is 4.74 Å². The minimum Gasteiger partial charge on any atom is -0.488 e. The molecule has 2 rings (SSSR count). The molecule has 0 spiro atoms. The zero-order valence-corrected chi connectivity index (χ0v) is 11.3. The highest BCUT2D eigenvalue weighted by atomic mass is 19.1. The molecule has 0 heterocycles. The summed E-state index contributed by atoms with van der Waals surface area (Å²) in [5.41, 5.74) is 6.66. The van der Waals surface area contributed by atoms with Gasteiger partial charge in [-0.25, -0.2) is 9.82 Å². The van der Waals surface area contributed by atoms with Crippen molar-refractivity contribution in [1.29, 1.82) is 0 Å². The molecule has 21 heavy (non-hydrogen) atoms. The predicted octanol–water partition coefficient (Wildman–Crippen LogP) is 2.86. The molecule has 0 bridgehead atoms. The standard InChI is InChI=1S/C14H14FN3O3/c1-21-14-12(15)7-10(8-13(14)18(19)20)9-16-17-11-5-3-2-4-6-11/h2-8,16-17H,9H2,1H3. The molecule has 7 heteroatoms. The Balaban J connectivity index is 2.08. The van der Waals surface area contributed by atoms with E-state index >= 15 is 0 Å². The molecule has 0 aliphatic rings. The Labute approximate surface area is 120 Å². The lowest BCUT2D eigenvalue weighted by Crippen LogP contribution is -2.21. The second-order valence-electron chi connectivity index (χ2n) is 4.23. The van der Waals surface area contributed by atoms with E-state index in [2.05, 4.69) is 10.9 Å². The number of anilines is 1. The number of nitro groups is 1. The number of methoxy groups -OCH3 is 1. The van der Waals surface area contributed by atoms with E-state index in [1.54, 1.807) is 0 Å². The molecule has 0 aromatic heterocycles. The van der Waals surface area contributed by atoms with Crippen LogP contribution in [0.2, 0.25) is 0 Å². The van der Waals surface area contributed by atoms with Crippen LogP contribution in [-0.4, -0.2) is 12.0 Å². The first-order chi connectivity index (χ1) is 10.1. The van der Waals surface area contributed by atoms with Gasteiger partial charge in [0, 0.05) is 18.3 Å². The Bertz CT molecular complexity index is 635. The van der Waals surface area contributed by atoms with Gasteiger partial charge < -0.3 is 10.2 Å². The van der Waals surface area contributed by atoms with Gasteiger partial charge in [0.2, 0.25) is 5.75 Å². The van der Waals surface area contributed by atoms with Crippen molar-refractivity contribution in [2.45, 2.75) is 6.54 Å². The zero-order valence-electron chi connectivity index (χ0n) is 11.3. The number of nitrogens with zero attached hydrogens (tertiary/aromatic N) is 1. The third kappa shape index (κ3) is 3.67. The number of ether oxygens (including phenoxy) is 1. The van der Waals surface area contributed by atoms with Crippen molar-refractivity contribution in [3.63, 3.8) is 0 Å². The largest absolute Gasteiger partial charge is 0.488 e. The first kappa shape index (κ1) is 14.7. The van der Waals surface area contributed by atoms with Crippen molar-refractivity contribution < 1.29 is 14.1 Å². The summed E-state index contributed by atoms with van der Waals surface area (Å²) in [5, 5.41) is 10.9. The minimum absolute atomic E-state index is 0.219. The van der Waals surface area contributed by atoms with Crippen LogP contribution in [0.5, 0.6) is 5.75 Å². The number of rotatable bonds is 6. The van der Waals surface area contributed by atoms with E-state index in [1.807, 2.05) is 30.3 Å². The van der Waals surface area contributed by atoms with Gasteiger partial charge in [0.05, 0.1) is 12.0 Å². The van der Waals surface area contributed by atoms with Gasteiger partial charge in [-0.2, -0.15) is 0 Å². The summed E-state index contributed by atoms with van der Waals surface area (Å²) >= 11 is 0. The third-order valence-corrected chi connectivity index (χ3v) is 2.78. The molecule has 2 N–H and O–H groups in total. The number of nitrogens with one attached hydrogen (secondary N) is 2. The van der Waals surface area contributed by atoms with Crippen LogP contribution in [0.25, 0.3) is 0 Å². The molecule has 0 aliphatic carbocycles. The first-order valence-electron chi connectivity index (χ1n) is 6.16. The number of hydrogen-bond donors (Lipinski definition) is 2. The Hall–Kier alpha value is -2.67. The molecule has 0 saturated carbocycles. The number of hydrazine groups is 1. The van der Waals surface area contributed by atoms with Crippen LogP contribution in [0.4, 0.5) is 15.8 Å². The van der Waals surface area contributed by atoms with Gasteiger partial charge in [-0.05, 0) is 23.8 Å². The third-order valence-electron chi connectivity index (χ3n) is 2.78. The maximum Gasteiger partial charge on any atom is 0.314 e. The van der Waals surface area contributed by atoms with Crippen LogP contribution in [0.1, 0.15) is 5.56 Å². The van der Waals surface area contributed by atoms with Crippen LogP contribution in [0.3, 0.4) is 0 Å². The highest BCUT2D eigenvalue weighted by Gasteiger charge is 2.20. The fourth-order valence-electron chi connectivity index (χ4n) is 1.84. The smallest absolute Gasteiger partial charge is 0.314 e. The van der Waals surface area contributed by atoms with E-state index < -0.39 is 16.4 Å². The lowest BCUT2D eigenvalue weighted by atomic mass is 10.2. The lowest BCUT2D eigenvalue weighted by Gasteiger charge is -2.10. The lowest BCUT2D eigenvalue weighted by molar-refractivity contribution is -0.386. The number of benzene rings is 2. The van der Waals surface area contributed by atoms with Crippen molar-refractivity contribution in [3.05, 3.63) is 64.0 Å². The maximum atomic E-state index is 13.7. The summed E-state index contributed by atoms with van der Waals surface area (Å²) in [6, 6.07) is 11.8. The Morgan fingerprint density at radius 3 is 2.62 bits per heavy atom. The second-order valence-corrected chi connectivity index (χ2v) is 4.23. The van der Waals surface area contributed by atoms with Crippen molar-refractivity contribution in [2.24, 2.45) is 0 Å². The average Bonchev–Trinajstić information content (AvgIpc) is 2.47. The van der Waals surface area contributed by atoms with Gasteiger partial charge in [-0.15, -0.1) is 0 Å². The molecular formula is C14H14FN3O3. The molecule has 0 fully saturated rings. The summed E-state index contributed by atoms with van der Waals surface area (Å²) in [6.45, 7) is 0.219. The van der Waals surface area contributed by atoms with Gasteiger partial charge in [-0.1, -0.05) is 18.2 Å². The van der Waals surface area contributed by atoms with E-state index in [0.29, 0.717) is 5.56 Å². The highest BCUT2D eigenvalue weighted by Crippen LogP contribution is 2.31. The van der Waals surface area contributed by atoms with E-state index in [-0.39, 0.29) is 12.3 Å². The molecule has 0 amide bonds. The van der Waals surface area contributed by atoms with Crippen molar-refractivity contribution in [3.8, 4) is 5.75 Å². The van der Waals surface area contributed by atoms with Gasteiger partial charge >= 0.3 is 5.69 Å². The fraction of sp³-hybridized carbons (Fsp3) is 0.143. The predicted molar refractivity (Wildman–Crippen MR) is 76.5 cm³/mol. The number of para-hydroxylation sites is 1. The first-order valence-corrected chi connectivity index (χ1v) is 6.16. The van der Waals surface area contributed by atoms with Crippen LogP contribution < -0.4 is 15.6 Å². The van der Waals surface area contributed by atoms with Gasteiger partial charge in [-0.3, -0.25) is 10.1 Å². The van der Waals surface area contributed by atoms with Crippen molar-refractivity contribution in [1.82, 2.24) is 5.43 Å². The van der Waals surface area contributed by atoms with Gasteiger partial charge in [0.1, 0.15) is 0 Å². The second kappa shape index (κ2) is 6.67. The van der Waals surface area contributed by atoms with Gasteiger partial charge in [0.15, 0.2) is 5.82 Å². The topological polar surface area (TPSA) is 76.4 Å². The number of nitro benzene ring substituents is 1. The average molecular weight is 291 g/mol. The highest BCUT2D eigenvalue weighted by molar-refractivity contribution is 5.50. The van der Waals surface area contributed by atoms with E-state index in [0.717, 1.165) is 5.69 Å². The van der Waals surface area contributed by atoms with Gasteiger partial charge in [0.25, 0.3) is 0 Å². The molecule has 2 aromatic rings. The monoisotopic (exact) mass is 291 g/mol. The molecule has 0 saturated heterocycles. The number of halogens is 1. The SMILES string of the molecule is COc1c(F)cc(CNNc2ccccc2)cc1[N+](=O)[O-]. The molecule has 6 nitrogen and oxygen atoms in total. The Morgan fingerprint density at radius 1 is 1.29 bits per heavy atom. The normalized spacial score (nSPS) is 10.2. The summed E-state index contributed by atoms with van der Waals surface area (Å²) in [7, 11) is 1.19. The molecule has 0 aliphatic heterocycles. The summed E-state index contributed by atoms with van der Waals surface area (Å²) in [6.07, 6.45) is 0. The molecule has 0 atom stereocenters. The molecule has 110 valence electrons. The van der Waals surface area contributed by atoms with E-state index in [1.165, 1.54) is 19.2 Å². The van der Waals surface area contributed by atoms with E-state index in [9.17, 15) is 14.5 Å². The molecule has 0 radical (unpaired) electrons. The van der Waals surface area contributed by atoms with Crippen molar-refractivity contribution in [2.75, 3.05) is 12.5 Å². The molecule has 2 aromatic carbocycles. The quantitative estimate of drug-likeness (QED) is 0.632. The Morgan fingerprint density at radius 2 is 2.00 bits per heavy atom. The molecule has 0 unspecified atom stereocenters. The fourth-order valence-corrected chi connectivity index (χ4v) is 1.84. The number of hydrogen-bond acceptors (Lipinski definition) is 5.